The first-order chi connectivity index (χ1) is 11.6. The molecule has 0 saturated carbocycles. The lowest BCUT2D eigenvalue weighted by molar-refractivity contribution is 0.574. The number of para-hydroxylation sites is 1. The highest BCUT2D eigenvalue weighted by Crippen LogP contribution is 2.33. The van der Waals surface area contributed by atoms with E-state index in [1.165, 1.54) is 0 Å². The fourth-order valence-electron chi connectivity index (χ4n) is 2.30. The molecule has 0 fully saturated rings. The number of rotatable bonds is 4. The summed E-state index contributed by atoms with van der Waals surface area (Å²) in [6.45, 7) is 1.96. The van der Waals surface area contributed by atoms with Crippen LogP contribution in [-0.4, -0.2) is 17.2 Å². The van der Waals surface area contributed by atoms with Crippen LogP contribution in [0, 0.1) is 18.3 Å². The Morgan fingerprint density at radius 2 is 1.92 bits per heavy atom. The molecule has 0 saturated heterocycles. The van der Waals surface area contributed by atoms with Crippen molar-refractivity contribution in [3.63, 3.8) is 0 Å². The molecule has 7 heteroatoms. The van der Waals surface area contributed by atoms with Crippen molar-refractivity contribution in [2.45, 2.75) is 6.92 Å². The van der Waals surface area contributed by atoms with Gasteiger partial charge in [-0.05, 0) is 42.8 Å². The van der Waals surface area contributed by atoms with E-state index in [0.717, 1.165) is 16.9 Å². The Hall–Kier alpha value is -3.04. The van der Waals surface area contributed by atoms with Gasteiger partial charge in [0, 0.05) is 12.7 Å². The normalized spacial score (nSPS) is 10.2. The summed E-state index contributed by atoms with van der Waals surface area (Å²) >= 11 is 6.27. The SMILES string of the molecule is Cc1cccc(Cl)c1N(C)c1nnc(Nc2ccc(C#N)cc2)o1. The zero-order chi connectivity index (χ0) is 17.1. The molecule has 0 unspecified atom stereocenters. The van der Waals surface area contributed by atoms with Gasteiger partial charge in [-0.2, -0.15) is 5.26 Å². The fraction of sp³-hybridized carbons (Fsp3) is 0.118. The first kappa shape index (κ1) is 15.8. The van der Waals surface area contributed by atoms with Crippen LogP contribution in [0.5, 0.6) is 0 Å². The van der Waals surface area contributed by atoms with E-state index in [2.05, 4.69) is 21.6 Å². The third-order valence-corrected chi connectivity index (χ3v) is 3.80. The largest absolute Gasteiger partial charge is 0.389 e. The molecule has 1 N–H and O–H groups in total. The van der Waals surface area contributed by atoms with Crippen LogP contribution in [0.1, 0.15) is 11.1 Å². The Balaban J connectivity index is 1.81. The zero-order valence-corrected chi connectivity index (χ0v) is 13.9. The van der Waals surface area contributed by atoms with Crippen molar-refractivity contribution in [2.24, 2.45) is 0 Å². The standard InChI is InChI=1S/C17H14ClN5O/c1-11-4-3-5-14(18)15(11)23(2)17-22-21-16(24-17)20-13-8-6-12(10-19)7-9-13/h3-9H,1-2H3,(H,20,21). The van der Waals surface area contributed by atoms with Crippen molar-refractivity contribution in [2.75, 3.05) is 17.3 Å². The first-order valence-corrected chi connectivity index (χ1v) is 7.56. The van der Waals surface area contributed by atoms with Gasteiger partial charge in [0.1, 0.15) is 0 Å². The predicted octanol–water partition coefficient (Wildman–Crippen LogP) is 4.41. The van der Waals surface area contributed by atoms with Crippen LogP contribution >= 0.6 is 11.6 Å². The minimum atomic E-state index is 0.256. The summed E-state index contributed by atoms with van der Waals surface area (Å²) in [7, 11) is 1.81. The number of halogens is 1. The van der Waals surface area contributed by atoms with E-state index in [0.29, 0.717) is 16.6 Å². The zero-order valence-electron chi connectivity index (χ0n) is 13.1. The number of aryl methyl sites for hydroxylation is 1. The molecule has 0 amide bonds. The van der Waals surface area contributed by atoms with Gasteiger partial charge < -0.3 is 9.73 Å². The maximum absolute atomic E-state index is 8.81. The molecule has 6 nitrogen and oxygen atoms in total. The molecule has 120 valence electrons. The summed E-state index contributed by atoms with van der Waals surface area (Å²) in [5, 5.41) is 20.4. The molecule has 0 radical (unpaired) electrons. The molecule has 0 aliphatic heterocycles. The molecule has 0 bridgehead atoms. The van der Waals surface area contributed by atoms with Crippen LogP contribution < -0.4 is 10.2 Å². The number of nitriles is 1. The first-order valence-electron chi connectivity index (χ1n) is 7.18. The van der Waals surface area contributed by atoms with Gasteiger partial charge in [0.2, 0.25) is 0 Å². The molecule has 24 heavy (non-hydrogen) atoms. The van der Waals surface area contributed by atoms with Gasteiger partial charge in [-0.15, -0.1) is 0 Å². The van der Waals surface area contributed by atoms with Crippen LogP contribution in [0.4, 0.5) is 23.4 Å². The summed E-state index contributed by atoms with van der Waals surface area (Å²) in [6.07, 6.45) is 0. The van der Waals surface area contributed by atoms with Crippen LogP contribution in [0.25, 0.3) is 0 Å². The van der Waals surface area contributed by atoms with E-state index < -0.39 is 0 Å². The second kappa shape index (κ2) is 6.60. The average molecular weight is 340 g/mol. The molecule has 1 aromatic heterocycles. The van der Waals surface area contributed by atoms with E-state index in [1.807, 2.05) is 32.2 Å². The number of benzene rings is 2. The predicted molar refractivity (Wildman–Crippen MR) is 93.0 cm³/mol. The van der Waals surface area contributed by atoms with Gasteiger partial charge in [0.15, 0.2) is 0 Å². The molecular weight excluding hydrogens is 326 g/mol. The summed E-state index contributed by atoms with van der Waals surface area (Å²) in [4.78, 5) is 1.74. The molecule has 0 aliphatic rings. The summed E-state index contributed by atoms with van der Waals surface area (Å²) in [5.74, 6) is 0. The molecule has 3 rings (SSSR count). The van der Waals surface area contributed by atoms with Gasteiger partial charge in [0.05, 0.1) is 22.3 Å². The van der Waals surface area contributed by atoms with Crippen molar-refractivity contribution >= 4 is 35.0 Å². The second-order valence-corrected chi connectivity index (χ2v) is 5.58. The summed E-state index contributed by atoms with van der Waals surface area (Å²) < 4.78 is 5.64. The van der Waals surface area contributed by atoms with E-state index in [-0.39, 0.29) is 6.01 Å². The Kier molecular flexibility index (Phi) is 4.36. The number of anilines is 4. The number of nitrogens with zero attached hydrogens (tertiary/aromatic N) is 4. The van der Waals surface area contributed by atoms with E-state index in [4.69, 9.17) is 21.3 Å². The maximum Gasteiger partial charge on any atom is 0.323 e. The van der Waals surface area contributed by atoms with Gasteiger partial charge in [-0.1, -0.05) is 33.9 Å². The van der Waals surface area contributed by atoms with Crippen molar-refractivity contribution in [3.8, 4) is 6.07 Å². The molecule has 3 aromatic rings. The second-order valence-electron chi connectivity index (χ2n) is 5.17. The van der Waals surface area contributed by atoms with E-state index in [9.17, 15) is 0 Å². The van der Waals surface area contributed by atoms with E-state index in [1.54, 1.807) is 29.2 Å². The Bertz CT molecular complexity index is 878. The summed E-state index contributed by atoms with van der Waals surface area (Å²) in [6, 6.07) is 15.3. The van der Waals surface area contributed by atoms with E-state index >= 15 is 0 Å². The maximum atomic E-state index is 8.81. The van der Waals surface area contributed by atoms with Gasteiger partial charge in [-0.25, -0.2) is 0 Å². The quantitative estimate of drug-likeness (QED) is 0.758. The highest BCUT2D eigenvalue weighted by molar-refractivity contribution is 6.33. The number of hydrogen-bond donors (Lipinski definition) is 1. The minimum absolute atomic E-state index is 0.256. The van der Waals surface area contributed by atoms with Crippen molar-refractivity contribution < 1.29 is 4.42 Å². The van der Waals surface area contributed by atoms with Gasteiger partial charge in [0.25, 0.3) is 0 Å². The van der Waals surface area contributed by atoms with Crippen molar-refractivity contribution in [1.29, 1.82) is 5.26 Å². The fourth-order valence-corrected chi connectivity index (χ4v) is 2.65. The molecule has 0 atom stereocenters. The molecule has 2 aromatic carbocycles. The van der Waals surface area contributed by atoms with Crippen LogP contribution in [0.2, 0.25) is 5.02 Å². The number of aromatic nitrogens is 2. The molecule has 1 heterocycles. The average Bonchev–Trinajstić information content (AvgIpc) is 3.04. The Morgan fingerprint density at radius 1 is 1.17 bits per heavy atom. The number of nitrogens with one attached hydrogen (secondary N) is 1. The highest BCUT2D eigenvalue weighted by atomic mass is 35.5. The highest BCUT2D eigenvalue weighted by Gasteiger charge is 2.17. The number of hydrogen-bond acceptors (Lipinski definition) is 6. The lowest BCUT2D eigenvalue weighted by Crippen LogP contribution is -2.11. The van der Waals surface area contributed by atoms with Gasteiger partial charge in [-0.3, -0.25) is 4.90 Å². The van der Waals surface area contributed by atoms with Crippen LogP contribution in [0.3, 0.4) is 0 Å². The van der Waals surface area contributed by atoms with Crippen LogP contribution in [-0.2, 0) is 0 Å². The third kappa shape index (κ3) is 3.16. The monoisotopic (exact) mass is 339 g/mol. The van der Waals surface area contributed by atoms with Crippen molar-refractivity contribution in [1.82, 2.24) is 10.2 Å². The lowest BCUT2D eigenvalue weighted by Gasteiger charge is -2.18. The molecule has 0 aliphatic carbocycles. The smallest absolute Gasteiger partial charge is 0.323 e. The minimum Gasteiger partial charge on any atom is -0.389 e. The topological polar surface area (TPSA) is 78.0 Å². The van der Waals surface area contributed by atoms with Crippen molar-refractivity contribution in [3.05, 3.63) is 58.6 Å². The lowest BCUT2D eigenvalue weighted by atomic mass is 10.2. The van der Waals surface area contributed by atoms with Crippen LogP contribution in [0.15, 0.2) is 46.9 Å². The third-order valence-electron chi connectivity index (χ3n) is 3.49. The Morgan fingerprint density at radius 3 is 2.58 bits per heavy atom. The molecular formula is C17H14ClN5O. The Labute approximate surface area is 144 Å². The summed E-state index contributed by atoms with van der Waals surface area (Å²) in [5.41, 5.74) is 3.15. The molecule has 0 spiro atoms. The van der Waals surface area contributed by atoms with Gasteiger partial charge >= 0.3 is 12.0 Å².